The molecule has 0 unspecified atom stereocenters. The first kappa shape index (κ1) is 31.0. The fourth-order valence-electron chi connectivity index (χ4n) is 5.66. The summed E-state index contributed by atoms with van der Waals surface area (Å²) >= 11 is 0. The molecule has 2 aliphatic rings. The second-order valence-electron chi connectivity index (χ2n) is 11.8. The summed E-state index contributed by atoms with van der Waals surface area (Å²) in [5.41, 5.74) is 5.27. The maximum Gasteiger partial charge on any atom is 0.231 e. The summed E-state index contributed by atoms with van der Waals surface area (Å²) in [6.45, 7) is 16.9. The third-order valence-corrected chi connectivity index (χ3v) is 8.59. The third-order valence-electron chi connectivity index (χ3n) is 8.59. The first-order valence-electron chi connectivity index (χ1n) is 16.1. The van der Waals surface area contributed by atoms with E-state index in [0.717, 1.165) is 69.4 Å². The topological polar surface area (TPSA) is 24.9 Å². The Balaban J connectivity index is 0.000000699. The SMILES string of the molecule is CC1CCC1.CCCC=C(c1cc2ccccc2cc1C)N(CCCCN(CC)CC)Cc1ccc2c(c1)OCO2. The van der Waals surface area contributed by atoms with Crippen LogP contribution in [-0.2, 0) is 6.54 Å². The van der Waals surface area contributed by atoms with Gasteiger partial charge in [-0.25, -0.2) is 0 Å². The van der Waals surface area contributed by atoms with E-state index >= 15 is 0 Å². The lowest BCUT2D eigenvalue weighted by Crippen LogP contribution is -2.27. The van der Waals surface area contributed by atoms with Gasteiger partial charge < -0.3 is 19.3 Å². The van der Waals surface area contributed by atoms with Gasteiger partial charge in [-0.2, -0.15) is 0 Å². The molecule has 3 aromatic rings. The number of aryl methyl sites for hydroxylation is 1. The van der Waals surface area contributed by atoms with E-state index in [1.165, 1.54) is 58.8 Å². The summed E-state index contributed by atoms with van der Waals surface area (Å²) in [5.74, 6) is 2.77. The molecule has 1 aliphatic carbocycles. The molecule has 4 nitrogen and oxygen atoms in total. The zero-order valence-electron chi connectivity index (χ0n) is 26.3. The maximum absolute atomic E-state index is 5.69. The number of allylic oxidation sites excluding steroid dienone is 1. The standard InChI is InChI=1S/C32H42N2O2.C5H10/c1-5-8-15-30(29-22-28-14-10-9-13-27(28)20-25(29)4)34(19-12-11-18-33(6-2)7-3)23-26-16-17-31-32(21-26)36-24-35-31;1-5-3-2-4-5/h9-10,13-17,20-22H,5-8,11-12,18-19,23-24H2,1-4H3;5H,2-4H2,1H3. The van der Waals surface area contributed by atoms with Crippen LogP contribution in [0.2, 0.25) is 0 Å². The molecular formula is C37H52N2O2. The fourth-order valence-corrected chi connectivity index (χ4v) is 5.66. The molecule has 3 aromatic carbocycles. The zero-order chi connectivity index (χ0) is 29.0. The van der Waals surface area contributed by atoms with Gasteiger partial charge in [-0.1, -0.05) is 95.9 Å². The Bertz CT molecular complexity index is 1260. The van der Waals surface area contributed by atoms with Crippen LogP contribution >= 0.6 is 0 Å². The average molecular weight is 557 g/mol. The van der Waals surface area contributed by atoms with Crippen molar-refractivity contribution in [2.75, 3.05) is 33.0 Å². The van der Waals surface area contributed by atoms with Crippen molar-refractivity contribution in [3.8, 4) is 11.5 Å². The van der Waals surface area contributed by atoms with Gasteiger partial charge in [0, 0.05) is 24.4 Å². The van der Waals surface area contributed by atoms with Gasteiger partial charge in [-0.15, -0.1) is 0 Å². The highest BCUT2D eigenvalue weighted by Crippen LogP contribution is 2.35. The number of hydrogen-bond donors (Lipinski definition) is 0. The molecule has 1 heterocycles. The molecule has 0 aromatic heterocycles. The van der Waals surface area contributed by atoms with E-state index in [1.807, 2.05) is 6.07 Å². The van der Waals surface area contributed by atoms with Crippen LogP contribution in [0.4, 0.5) is 0 Å². The van der Waals surface area contributed by atoms with Crippen molar-refractivity contribution in [1.29, 1.82) is 0 Å². The van der Waals surface area contributed by atoms with E-state index in [0.29, 0.717) is 6.79 Å². The van der Waals surface area contributed by atoms with Crippen molar-refractivity contribution < 1.29 is 9.47 Å². The molecule has 0 spiro atoms. The Morgan fingerprint density at radius 3 is 2.22 bits per heavy atom. The molecule has 4 heteroatoms. The molecule has 0 N–H and O–H groups in total. The summed E-state index contributed by atoms with van der Waals surface area (Å²) in [4.78, 5) is 5.11. The van der Waals surface area contributed by atoms with Gasteiger partial charge in [-0.05, 0) is 91.8 Å². The van der Waals surface area contributed by atoms with Crippen molar-refractivity contribution in [2.45, 2.75) is 86.1 Å². The van der Waals surface area contributed by atoms with Crippen LogP contribution in [0.25, 0.3) is 16.5 Å². The zero-order valence-corrected chi connectivity index (χ0v) is 26.3. The number of benzene rings is 3. The molecule has 1 saturated carbocycles. The number of nitrogens with zero attached hydrogens (tertiary/aromatic N) is 2. The normalized spacial score (nSPS) is 14.6. The first-order chi connectivity index (χ1) is 20.0. The average Bonchev–Trinajstić information content (AvgIpc) is 3.44. The van der Waals surface area contributed by atoms with Crippen molar-refractivity contribution in [1.82, 2.24) is 9.80 Å². The van der Waals surface area contributed by atoms with E-state index in [-0.39, 0.29) is 0 Å². The molecule has 0 atom stereocenters. The minimum Gasteiger partial charge on any atom is -0.454 e. The predicted octanol–water partition coefficient (Wildman–Crippen LogP) is 9.45. The Hall–Kier alpha value is -2.98. The van der Waals surface area contributed by atoms with Crippen LogP contribution in [0.15, 0.2) is 60.7 Å². The van der Waals surface area contributed by atoms with Gasteiger partial charge in [0.05, 0.1) is 0 Å². The third kappa shape index (κ3) is 8.75. The van der Waals surface area contributed by atoms with Crippen LogP contribution in [0.1, 0.15) is 89.3 Å². The Labute approximate surface area is 249 Å². The van der Waals surface area contributed by atoms with Crippen molar-refractivity contribution in [3.63, 3.8) is 0 Å². The molecule has 1 aliphatic heterocycles. The van der Waals surface area contributed by atoms with Gasteiger partial charge in [0.2, 0.25) is 6.79 Å². The monoisotopic (exact) mass is 556 g/mol. The molecule has 222 valence electrons. The van der Waals surface area contributed by atoms with Crippen LogP contribution in [0.5, 0.6) is 11.5 Å². The van der Waals surface area contributed by atoms with Gasteiger partial charge in [0.1, 0.15) is 0 Å². The lowest BCUT2D eigenvalue weighted by Gasteiger charge is -2.30. The number of fused-ring (bicyclic) bond motifs is 2. The lowest BCUT2D eigenvalue weighted by molar-refractivity contribution is 0.174. The summed E-state index contributed by atoms with van der Waals surface area (Å²) in [6, 6.07) is 19.8. The highest BCUT2D eigenvalue weighted by molar-refractivity contribution is 5.87. The second kappa shape index (κ2) is 15.9. The summed E-state index contributed by atoms with van der Waals surface area (Å²) < 4.78 is 11.2. The highest BCUT2D eigenvalue weighted by Gasteiger charge is 2.18. The van der Waals surface area contributed by atoms with Crippen LogP contribution in [-0.4, -0.2) is 42.8 Å². The largest absolute Gasteiger partial charge is 0.454 e. The van der Waals surface area contributed by atoms with Gasteiger partial charge in [0.15, 0.2) is 11.5 Å². The van der Waals surface area contributed by atoms with E-state index < -0.39 is 0 Å². The summed E-state index contributed by atoms with van der Waals surface area (Å²) in [6.07, 6.45) is 11.5. The second-order valence-corrected chi connectivity index (χ2v) is 11.8. The summed E-state index contributed by atoms with van der Waals surface area (Å²) in [7, 11) is 0. The molecule has 0 saturated heterocycles. The smallest absolute Gasteiger partial charge is 0.231 e. The van der Waals surface area contributed by atoms with Crippen LogP contribution in [0, 0.1) is 12.8 Å². The summed E-state index contributed by atoms with van der Waals surface area (Å²) in [5, 5.41) is 2.60. The minimum absolute atomic E-state index is 0.311. The number of hydrogen-bond acceptors (Lipinski definition) is 4. The minimum atomic E-state index is 0.311. The molecular weight excluding hydrogens is 504 g/mol. The first-order valence-corrected chi connectivity index (χ1v) is 16.1. The van der Waals surface area contributed by atoms with Crippen LogP contribution in [0.3, 0.4) is 0 Å². The molecule has 0 amide bonds. The molecule has 0 radical (unpaired) electrons. The van der Waals surface area contributed by atoms with E-state index in [1.54, 1.807) is 0 Å². The van der Waals surface area contributed by atoms with E-state index in [9.17, 15) is 0 Å². The lowest BCUT2D eigenvalue weighted by atomic mass is 9.88. The maximum atomic E-state index is 5.69. The van der Waals surface area contributed by atoms with Crippen molar-refractivity contribution in [3.05, 3.63) is 77.4 Å². The molecule has 5 rings (SSSR count). The Morgan fingerprint density at radius 1 is 0.878 bits per heavy atom. The van der Waals surface area contributed by atoms with Crippen LogP contribution < -0.4 is 9.47 Å². The quantitative estimate of drug-likeness (QED) is 0.196. The van der Waals surface area contributed by atoms with Crippen molar-refractivity contribution >= 4 is 16.5 Å². The van der Waals surface area contributed by atoms with Gasteiger partial charge in [-0.3, -0.25) is 0 Å². The van der Waals surface area contributed by atoms with Crippen molar-refractivity contribution in [2.24, 2.45) is 5.92 Å². The van der Waals surface area contributed by atoms with E-state index in [4.69, 9.17) is 9.47 Å². The van der Waals surface area contributed by atoms with Gasteiger partial charge in [0.25, 0.3) is 0 Å². The number of rotatable bonds is 13. The molecule has 41 heavy (non-hydrogen) atoms. The highest BCUT2D eigenvalue weighted by atomic mass is 16.7. The Morgan fingerprint density at radius 2 is 1.56 bits per heavy atom. The van der Waals surface area contributed by atoms with E-state index in [2.05, 4.69) is 99.0 Å². The molecule has 0 bridgehead atoms. The van der Waals surface area contributed by atoms with Gasteiger partial charge >= 0.3 is 0 Å². The molecule has 1 fully saturated rings. The number of ether oxygens (including phenoxy) is 2. The fraction of sp³-hybridized carbons (Fsp3) is 0.514. The number of unbranched alkanes of at least 4 members (excludes halogenated alkanes) is 2. The predicted molar refractivity (Wildman–Crippen MR) is 175 cm³/mol. The Kier molecular flexibility index (Phi) is 12.0.